The minimum Gasteiger partial charge on any atom is -0.353 e. The molecule has 1 fully saturated rings. The average molecular weight is 314 g/mol. The molecule has 0 aliphatic carbocycles. The number of carbonyl (C=O) groups is 1. The monoisotopic (exact) mass is 313 g/mol. The molecule has 1 unspecified atom stereocenters. The number of hydrogen-bond donors (Lipinski definition) is 2. The van der Waals surface area contributed by atoms with Crippen LogP contribution in [0.4, 0.5) is 0 Å². The lowest BCUT2D eigenvalue weighted by Crippen LogP contribution is -2.57. The summed E-state index contributed by atoms with van der Waals surface area (Å²) in [6, 6.07) is 0. The molecule has 6 heteroatoms. The van der Waals surface area contributed by atoms with Crippen LogP contribution in [0, 0.1) is 0 Å². The van der Waals surface area contributed by atoms with Crippen LogP contribution in [-0.2, 0) is 4.79 Å². The Balaban J connectivity index is 0. The molecule has 1 rings (SSSR count). The maximum Gasteiger partial charge on any atom is 0.240 e. The van der Waals surface area contributed by atoms with E-state index in [1.807, 2.05) is 14.1 Å². The number of rotatable bonds is 5. The van der Waals surface area contributed by atoms with Crippen molar-refractivity contribution in [1.29, 1.82) is 0 Å². The molecule has 0 aromatic rings. The minimum atomic E-state index is -0.317. The van der Waals surface area contributed by atoms with Gasteiger partial charge in [-0.15, -0.1) is 24.8 Å². The molecular formula is C13H29Cl2N3O. The van der Waals surface area contributed by atoms with E-state index in [2.05, 4.69) is 36.3 Å². The van der Waals surface area contributed by atoms with Crippen LogP contribution in [0.2, 0.25) is 0 Å². The van der Waals surface area contributed by atoms with Crippen molar-refractivity contribution in [3.05, 3.63) is 0 Å². The zero-order valence-corrected chi connectivity index (χ0v) is 14.3. The van der Waals surface area contributed by atoms with Crippen LogP contribution in [0.3, 0.4) is 0 Å². The number of carbonyl (C=O) groups excluding carboxylic acids is 1. The Morgan fingerprint density at radius 1 is 1.37 bits per heavy atom. The van der Waals surface area contributed by atoms with Gasteiger partial charge in [-0.05, 0) is 53.8 Å². The largest absolute Gasteiger partial charge is 0.353 e. The number of nitrogens with zero attached hydrogens (tertiary/aromatic N) is 1. The predicted octanol–water partition coefficient (Wildman–Crippen LogP) is 1.82. The van der Waals surface area contributed by atoms with Crippen LogP contribution >= 0.6 is 24.8 Å². The molecule has 19 heavy (non-hydrogen) atoms. The van der Waals surface area contributed by atoms with Gasteiger partial charge in [0.15, 0.2) is 0 Å². The molecule has 1 amide bonds. The zero-order valence-electron chi connectivity index (χ0n) is 12.7. The fourth-order valence-electron chi connectivity index (χ4n) is 2.09. The number of likely N-dealkylation sites (N-methyl/N-ethyl adjacent to an activating group) is 1. The molecule has 4 nitrogen and oxygen atoms in total. The smallest absolute Gasteiger partial charge is 0.240 e. The highest BCUT2D eigenvalue weighted by molar-refractivity contribution is 5.86. The van der Waals surface area contributed by atoms with E-state index in [4.69, 9.17) is 0 Å². The summed E-state index contributed by atoms with van der Waals surface area (Å²) in [5.74, 6) is 0.160. The quantitative estimate of drug-likeness (QED) is 0.813. The van der Waals surface area contributed by atoms with Gasteiger partial charge in [0.1, 0.15) is 0 Å². The summed E-state index contributed by atoms with van der Waals surface area (Å²) in [4.78, 5) is 14.4. The fraction of sp³-hybridized carbons (Fsp3) is 0.923. The van der Waals surface area contributed by atoms with Gasteiger partial charge in [0, 0.05) is 12.1 Å². The summed E-state index contributed by atoms with van der Waals surface area (Å²) in [6.45, 7) is 7.98. The normalized spacial score (nSPS) is 22.6. The number of amides is 1. The number of hydrogen-bond acceptors (Lipinski definition) is 3. The van der Waals surface area contributed by atoms with Crippen molar-refractivity contribution in [1.82, 2.24) is 15.5 Å². The van der Waals surface area contributed by atoms with Crippen LogP contribution in [0.1, 0.15) is 40.0 Å². The number of halogens is 2. The van der Waals surface area contributed by atoms with Crippen molar-refractivity contribution in [2.45, 2.75) is 51.1 Å². The van der Waals surface area contributed by atoms with Gasteiger partial charge >= 0.3 is 0 Å². The van der Waals surface area contributed by atoms with E-state index in [-0.39, 0.29) is 41.8 Å². The summed E-state index contributed by atoms with van der Waals surface area (Å²) in [7, 11) is 4.07. The standard InChI is InChI=1S/C13H27N3O.2ClH/c1-6-13(8-7-9-15-13)11(17)14-10-12(2,3)16(4)5;;/h15H,6-10H2,1-5H3,(H,14,17);2*1H. The summed E-state index contributed by atoms with van der Waals surface area (Å²) >= 11 is 0. The molecule has 0 saturated carbocycles. The van der Waals surface area contributed by atoms with E-state index >= 15 is 0 Å². The van der Waals surface area contributed by atoms with Crippen LogP contribution in [0.15, 0.2) is 0 Å². The molecule has 0 aromatic heterocycles. The van der Waals surface area contributed by atoms with E-state index in [0.717, 1.165) is 25.8 Å². The lowest BCUT2D eigenvalue weighted by molar-refractivity contribution is -0.127. The van der Waals surface area contributed by atoms with E-state index in [1.165, 1.54) is 0 Å². The second-order valence-electron chi connectivity index (χ2n) is 5.86. The topological polar surface area (TPSA) is 44.4 Å². The Morgan fingerprint density at radius 2 is 1.95 bits per heavy atom. The molecule has 0 radical (unpaired) electrons. The van der Waals surface area contributed by atoms with Gasteiger partial charge in [0.25, 0.3) is 0 Å². The van der Waals surface area contributed by atoms with Crippen molar-refractivity contribution < 1.29 is 4.79 Å². The molecule has 1 aliphatic rings. The first kappa shape index (κ1) is 21.3. The first-order valence-corrected chi connectivity index (χ1v) is 6.55. The van der Waals surface area contributed by atoms with Crippen LogP contribution in [-0.4, -0.2) is 49.1 Å². The molecule has 0 spiro atoms. The van der Waals surface area contributed by atoms with Gasteiger partial charge in [0.2, 0.25) is 5.91 Å². The van der Waals surface area contributed by atoms with Gasteiger partial charge in [-0.25, -0.2) is 0 Å². The highest BCUT2D eigenvalue weighted by Gasteiger charge is 2.39. The highest BCUT2D eigenvalue weighted by Crippen LogP contribution is 2.23. The van der Waals surface area contributed by atoms with Gasteiger partial charge in [0.05, 0.1) is 5.54 Å². The van der Waals surface area contributed by atoms with Crippen molar-refractivity contribution in [2.75, 3.05) is 27.2 Å². The average Bonchev–Trinajstić information content (AvgIpc) is 2.75. The minimum absolute atomic E-state index is 0. The van der Waals surface area contributed by atoms with Crippen molar-refractivity contribution >= 4 is 30.7 Å². The Bertz CT molecular complexity index is 277. The third kappa shape index (κ3) is 5.10. The van der Waals surface area contributed by atoms with Gasteiger partial charge in [-0.1, -0.05) is 6.92 Å². The molecule has 1 aliphatic heterocycles. The van der Waals surface area contributed by atoms with Crippen molar-refractivity contribution in [3.8, 4) is 0 Å². The van der Waals surface area contributed by atoms with Gasteiger partial charge < -0.3 is 15.5 Å². The lowest BCUT2D eigenvalue weighted by atomic mass is 9.92. The zero-order chi connectivity index (χ0) is 13.1. The molecular weight excluding hydrogens is 285 g/mol. The third-order valence-corrected chi connectivity index (χ3v) is 4.17. The van der Waals surface area contributed by atoms with Crippen LogP contribution in [0.5, 0.6) is 0 Å². The lowest BCUT2D eigenvalue weighted by Gasteiger charge is -2.35. The molecule has 1 atom stereocenters. The summed E-state index contributed by atoms with van der Waals surface area (Å²) in [6.07, 6.45) is 2.91. The number of nitrogens with one attached hydrogen (secondary N) is 2. The fourth-order valence-corrected chi connectivity index (χ4v) is 2.09. The molecule has 0 aromatic carbocycles. The second-order valence-corrected chi connectivity index (χ2v) is 5.86. The maximum atomic E-state index is 12.3. The first-order valence-electron chi connectivity index (χ1n) is 6.55. The van der Waals surface area contributed by atoms with Gasteiger partial charge in [-0.2, -0.15) is 0 Å². The molecule has 116 valence electrons. The Hall–Kier alpha value is -0.0300. The van der Waals surface area contributed by atoms with Crippen molar-refractivity contribution in [2.24, 2.45) is 0 Å². The summed E-state index contributed by atoms with van der Waals surface area (Å²) in [5.41, 5.74) is -0.328. The van der Waals surface area contributed by atoms with Gasteiger partial charge in [-0.3, -0.25) is 4.79 Å². The van der Waals surface area contributed by atoms with E-state index in [1.54, 1.807) is 0 Å². The Kier molecular flexibility index (Phi) is 9.29. The van der Waals surface area contributed by atoms with Crippen LogP contribution in [0.25, 0.3) is 0 Å². The molecule has 2 N–H and O–H groups in total. The molecule has 0 bridgehead atoms. The maximum absolute atomic E-state index is 12.3. The third-order valence-electron chi connectivity index (χ3n) is 4.17. The summed E-state index contributed by atoms with van der Waals surface area (Å²) < 4.78 is 0. The summed E-state index contributed by atoms with van der Waals surface area (Å²) in [5, 5.41) is 6.45. The SMILES string of the molecule is CCC1(C(=O)NCC(C)(C)N(C)C)CCCN1.Cl.Cl. The van der Waals surface area contributed by atoms with E-state index in [0.29, 0.717) is 6.54 Å². The van der Waals surface area contributed by atoms with Crippen molar-refractivity contribution in [3.63, 3.8) is 0 Å². The highest BCUT2D eigenvalue weighted by atomic mass is 35.5. The van der Waals surface area contributed by atoms with E-state index in [9.17, 15) is 4.79 Å². The van der Waals surface area contributed by atoms with E-state index < -0.39 is 0 Å². The first-order chi connectivity index (χ1) is 7.84. The Morgan fingerprint density at radius 3 is 2.32 bits per heavy atom. The molecule has 1 saturated heterocycles. The molecule has 1 heterocycles. The Labute approximate surface area is 129 Å². The predicted molar refractivity (Wildman–Crippen MR) is 85.5 cm³/mol. The van der Waals surface area contributed by atoms with Crippen LogP contribution < -0.4 is 10.6 Å². The second kappa shape index (κ2) is 8.30.